The van der Waals surface area contributed by atoms with Crippen LogP contribution in [0.3, 0.4) is 0 Å². The molecule has 3 atom stereocenters. The quantitative estimate of drug-likeness (QED) is 0.652. The highest BCUT2D eigenvalue weighted by molar-refractivity contribution is 5.87. The lowest BCUT2D eigenvalue weighted by atomic mass is 9.63. The zero-order chi connectivity index (χ0) is 11.3. The van der Waals surface area contributed by atoms with Crippen LogP contribution in [-0.4, -0.2) is 17.5 Å². The van der Waals surface area contributed by atoms with Crippen LogP contribution in [0, 0.1) is 11.3 Å². The van der Waals surface area contributed by atoms with Gasteiger partial charge in [0.1, 0.15) is 0 Å². The lowest BCUT2D eigenvalue weighted by Gasteiger charge is -2.41. The second-order valence-electron chi connectivity index (χ2n) is 5.70. The summed E-state index contributed by atoms with van der Waals surface area (Å²) in [5.41, 5.74) is -0.0510. The lowest BCUT2D eigenvalue weighted by molar-refractivity contribution is -0.112. The van der Waals surface area contributed by atoms with E-state index in [1.54, 1.807) is 13.0 Å². The van der Waals surface area contributed by atoms with Gasteiger partial charge in [-0.3, -0.25) is 4.79 Å². The van der Waals surface area contributed by atoms with Gasteiger partial charge in [0.15, 0.2) is 5.78 Å². The van der Waals surface area contributed by atoms with Crippen LogP contribution in [0.2, 0.25) is 0 Å². The molecule has 2 fully saturated rings. The van der Waals surface area contributed by atoms with Crippen LogP contribution >= 0.6 is 0 Å². The minimum Gasteiger partial charge on any atom is -0.367 e. The summed E-state index contributed by atoms with van der Waals surface area (Å²) in [5, 5.41) is 0. The smallest absolute Gasteiger partial charge is 0.152 e. The standard InChI is InChI=1S/C13H20O2/c1-9-7-11-8-12(3,4)13(9,15-11)6-5-10(2)14/h5-6,9,11H,7-8H2,1-4H3/t9-,11-,13?/m1/s1. The molecule has 15 heavy (non-hydrogen) atoms. The Morgan fingerprint density at radius 1 is 1.47 bits per heavy atom. The first kappa shape index (κ1) is 10.9. The molecule has 2 aliphatic heterocycles. The van der Waals surface area contributed by atoms with Crippen molar-refractivity contribution in [2.45, 2.75) is 52.2 Å². The molecule has 0 aromatic rings. The molecule has 0 aliphatic carbocycles. The zero-order valence-electron chi connectivity index (χ0n) is 10.0. The fraction of sp³-hybridized carbons (Fsp3) is 0.769. The summed E-state index contributed by atoms with van der Waals surface area (Å²) in [6.07, 6.45) is 6.32. The van der Waals surface area contributed by atoms with Gasteiger partial charge < -0.3 is 4.74 Å². The highest BCUT2D eigenvalue weighted by atomic mass is 16.5. The van der Waals surface area contributed by atoms with Gasteiger partial charge in [-0.2, -0.15) is 0 Å². The third-order valence-corrected chi connectivity index (χ3v) is 4.07. The second-order valence-corrected chi connectivity index (χ2v) is 5.70. The topological polar surface area (TPSA) is 26.3 Å². The number of hydrogen-bond acceptors (Lipinski definition) is 2. The highest BCUT2D eigenvalue weighted by Gasteiger charge is 2.60. The molecule has 2 rings (SSSR count). The molecule has 2 nitrogen and oxygen atoms in total. The monoisotopic (exact) mass is 208 g/mol. The van der Waals surface area contributed by atoms with Crippen molar-refractivity contribution in [1.29, 1.82) is 0 Å². The van der Waals surface area contributed by atoms with Crippen LogP contribution < -0.4 is 0 Å². The number of ether oxygens (including phenoxy) is 1. The molecule has 2 heterocycles. The fourth-order valence-electron chi connectivity index (χ4n) is 3.36. The van der Waals surface area contributed by atoms with Gasteiger partial charge >= 0.3 is 0 Å². The van der Waals surface area contributed by atoms with E-state index >= 15 is 0 Å². The van der Waals surface area contributed by atoms with E-state index in [0.29, 0.717) is 12.0 Å². The first-order chi connectivity index (χ1) is 6.87. The van der Waals surface area contributed by atoms with Crippen LogP contribution in [0.25, 0.3) is 0 Å². The van der Waals surface area contributed by atoms with E-state index in [4.69, 9.17) is 4.74 Å². The number of hydrogen-bond donors (Lipinski definition) is 0. The van der Waals surface area contributed by atoms with Crippen molar-refractivity contribution in [3.63, 3.8) is 0 Å². The van der Waals surface area contributed by atoms with Crippen molar-refractivity contribution in [2.24, 2.45) is 11.3 Å². The predicted octanol–water partition coefficient (Wildman–Crippen LogP) is 2.73. The average molecular weight is 208 g/mol. The van der Waals surface area contributed by atoms with Gasteiger partial charge in [0.05, 0.1) is 11.7 Å². The molecule has 2 saturated heterocycles. The average Bonchev–Trinajstić information content (AvgIpc) is 2.50. The number of allylic oxidation sites excluding steroid dienone is 1. The van der Waals surface area contributed by atoms with Gasteiger partial charge in [0.2, 0.25) is 0 Å². The van der Waals surface area contributed by atoms with Crippen LogP contribution in [-0.2, 0) is 9.53 Å². The van der Waals surface area contributed by atoms with Crippen LogP contribution in [0.4, 0.5) is 0 Å². The van der Waals surface area contributed by atoms with E-state index in [2.05, 4.69) is 20.8 Å². The Bertz CT molecular complexity index is 316. The zero-order valence-corrected chi connectivity index (χ0v) is 10.0. The van der Waals surface area contributed by atoms with E-state index in [9.17, 15) is 4.79 Å². The van der Waals surface area contributed by atoms with Crippen molar-refractivity contribution in [1.82, 2.24) is 0 Å². The molecule has 0 N–H and O–H groups in total. The Hall–Kier alpha value is -0.630. The maximum absolute atomic E-state index is 11.0. The van der Waals surface area contributed by atoms with Gasteiger partial charge in [-0.15, -0.1) is 0 Å². The third-order valence-electron chi connectivity index (χ3n) is 4.07. The normalized spacial score (nSPS) is 42.7. The molecular weight excluding hydrogens is 188 g/mol. The molecule has 0 aromatic heterocycles. The summed E-state index contributed by atoms with van der Waals surface area (Å²) in [5.74, 6) is 0.619. The van der Waals surface area contributed by atoms with Crippen molar-refractivity contribution in [3.05, 3.63) is 12.2 Å². The predicted molar refractivity (Wildman–Crippen MR) is 59.6 cm³/mol. The van der Waals surface area contributed by atoms with Gasteiger partial charge in [0, 0.05) is 5.41 Å². The van der Waals surface area contributed by atoms with Crippen molar-refractivity contribution in [3.8, 4) is 0 Å². The SMILES string of the molecule is CC(=O)C=CC12O[C@H](C[C@H]1C)CC2(C)C. The van der Waals surface area contributed by atoms with Crippen molar-refractivity contribution < 1.29 is 9.53 Å². The molecule has 0 amide bonds. The van der Waals surface area contributed by atoms with Crippen LogP contribution in [0.15, 0.2) is 12.2 Å². The van der Waals surface area contributed by atoms with Crippen LogP contribution in [0.1, 0.15) is 40.5 Å². The van der Waals surface area contributed by atoms with E-state index in [1.165, 1.54) is 0 Å². The molecular formula is C13H20O2. The van der Waals surface area contributed by atoms with Gasteiger partial charge in [0.25, 0.3) is 0 Å². The second kappa shape index (κ2) is 3.18. The van der Waals surface area contributed by atoms with Gasteiger partial charge in [-0.05, 0) is 37.8 Å². The Morgan fingerprint density at radius 3 is 2.60 bits per heavy atom. The third kappa shape index (κ3) is 1.46. The van der Waals surface area contributed by atoms with E-state index in [0.717, 1.165) is 12.8 Å². The minimum absolute atomic E-state index is 0.103. The summed E-state index contributed by atoms with van der Waals surface area (Å²) in [4.78, 5) is 11.0. The van der Waals surface area contributed by atoms with Crippen molar-refractivity contribution >= 4 is 5.78 Å². The summed E-state index contributed by atoms with van der Waals surface area (Å²) < 4.78 is 6.10. The summed E-state index contributed by atoms with van der Waals surface area (Å²) in [6.45, 7) is 8.30. The summed E-state index contributed by atoms with van der Waals surface area (Å²) in [6, 6.07) is 0. The Balaban J connectivity index is 2.33. The van der Waals surface area contributed by atoms with Gasteiger partial charge in [-0.1, -0.05) is 20.8 Å². The molecule has 0 aromatic carbocycles. The minimum atomic E-state index is -0.205. The number of carbonyl (C=O) groups is 1. The molecule has 2 heteroatoms. The molecule has 0 saturated carbocycles. The number of rotatable bonds is 2. The Labute approximate surface area is 91.7 Å². The largest absolute Gasteiger partial charge is 0.367 e. The Kier molecular flexibility index (Phi) is 2.30. The fourth-order valence-corrected chi connectivity index (χ4v) is 3.36. The molecule has 2 bridgehead atoms. The highest BCUT2D eigenvalue weighted by Crippen LogP contribution is 2.58. The van der Waals surface area contributed by atoms with Gasteiger partial charge in [-0.25, -0.2) is 0 Å². The first-order valence-electron chi connectivity index (χ1n) is 5.75. The van der Waals surface area contributed by atoms with E-state index < -0.39 is 0 Å². The number of carbonyl (C=O) groups excluding carboxylic acids is 1. The summed E-state index contributed by atoms with van der Waals surface area (Å²) >= 11 is 0. The van der Waals surface area contributed by atoms with Crippen LogP contribution in [0.5, 0.6) is 0 Å². The maximum atomic E-state index is 11.0. The van der Waals surface area contributed by atoms with E-state index in [-0.39, 0.29) is 16.8 Å². The molecule has 1 unspecified atom stereocenters. The molecule has 2 aliphatic rings. The lowest BCUT2D eigenvalue weighted by Crippen LogP contribution is -2.44. The molecule has 84 valence electrons. The molecule has 0 radical (unpaired) electrons. The maximum Gasteiger partial charge on any atom is 0.152 e. The number of fused-ring (bicyclic) bond motifs is 2. The van der Waals surface area contributed by atoms with Crippen molar-refractivity contribution in [2.75, 3.05) is 0 Å². The Morgan fingerprint density at radius 2 is 2.13 bits per heavy atom. The first-order valence-corrected chi connectivity index (χ1v) is 5.75. The molecule has 0 spiro atoms. The van der Waals surface area contributed by atoms with E-state index in [1.807, 2.05) is 6.08 Å². The number of ketones is 1. The summed E-state index contributed by atoms with van der Waals surface area (Å²) in [7, 11) is 0.